The van der Waals surface area contributed by atoms with Crippen molar-refractivity contribution in [3.05, 3.63) is 29.5 Å². The van der Waals surface area contributed by atoms with Crippen LogP contribution in [-0.2, 0) is 18.0 Å². The van der Waals surface area contributed by atoms with Crippen LogP contribution < -0.4 is 4.90 Å². The third kappa shape index (κ3) is 4.23. The second kappa shape index (κ2) is 7.45. The number of aromatic nitrogens is 3. The molecule has 27 heavy (non-hydrogen) atoms. The van der Waals surface area contributed by atoms with Gasteiger partial charge in [-0.2, -0.15) is 0 Å². The summed E-state index contributed by atoms with van der Waals surface area (Å²) >= 11 is 0. The number of carbonyl (C=O) groups excluding carboxylic acids is 1. The van der Waals surface area contributed by atoms with Crippen molar-refractivity contribution in [3.8, 4) is 0 Å². The number of ether oxygens (including phenoxy) is 1. The van der Waals surface area contributed by atoms with E-state index in [4.69, 9.17) is 9.26 Å². The van der Waals surface area contributed by atoms with Crippen LogP contribution >= 0.6 is 0 Å². The van der Waals surface area contributed by atoms with Gasteiger partial charge < -0.3 is 23.8 Å². The molecule has 0 aromatic carbocycles. The van der Waals surface area contributed by atoms with Crippen LogP contribution in [0, 0.1) is 6.92 Å². The molecule has 0 saturated heterocycles. The molecule has 10 heteroatoms. The number of hydrogen-bond acceptors (Lipinski definition) is 7. The standard InChI is InChI=1S/C17H27N5O4Si/c1-12-8-13(19-26-12)9-22-16(23)14-15(20(2)17(22)24)18-10-21(14)11-25-6-7-27(3,4)5/h8,10,17,24H,6-7,9,11H2,1-5H3. The highest BCUT2D eigenvalue weighted by Gasteiger charge is 2.38. The van der Waals surface area contributed by atoms with Gasteiger partial charge in [-0.05, 0) is 13.0 Å². The molecule has 0 fully saturated rings. The van der Waals surface area contributed by atoms with Gasteiger partial charge in [-0.25, -0.2) is 4.98 Å². The first-order valence-corrected chi connectivity index (χ1v) is 12.6. The number of hydrogen-bond donors (Lipinski definition) is 1. The largest absolute Gasteiger partial charge is 0.361 e. The molecule has 148 valence electrons. The predicted molar refractivity (Wildman–Crippen MR) is 102 cm³/mol. The SMILES string of the molecule is Cc1cc(CN2C(=O)c3c(ncn3COCC[Si](C)(C)C)N(C)C2O)no1. The third-order valence-electron chi connectivity index (χ3n) is 4.48. The molecule has 3 heterocycles. The minimum atomic E-state index is -1.18. The van der Waals surface area contributed by atoms with Crippen molar-refractivity contribution in [1.29, 1.82) is 0 Å². The summed E-state index contributed by atoms with van der Waals surface area (Å²) in [7, 11) is 0.519. The number of rotatable bonds is 7. The molecule has 1 unspecified atom stereocenters. The quantitative estimate of drug-likeness (QED) is 0.566. The maximum atomic E-state index is 13.0. The highest BCUT2D eigenvalue weighted by molar-refractivity contribution is 6.76. The molecule has 0 spiro atoms. The zero-order valence-corrected chi connectivity index (χ0v) is 17.5. The zero-order chi connectivity index (χ0) is 19.8. The number of anilines is 1. The molecule has 1 N–H and O–H groups in total. The first kappa shape index (κ1) is 19.6. The van der Waals surface area contributed by atoms with E-state index in [1.165, 1.54) is 4.90 Å². The average Bonchev–Trinajstić information content (AvgIpc) is 3.19. The Bertz CT molecular complexity index is 813. The summed E-state index contributed by atoms with van der Waals surface area (Å²) in [6.07, 6.45) is 0.447. The van der Waals surface area contributed by atoms with E-state index in [-0.39, 0.29) is 19.2 Å². The van der Waals surface area contributed by atoms with Crippen LogP contribution in [0.5, 0.6) is 0 Å². The molecule has 1 atom stereocenters. The number of aryl methyl sites for hydroxylation is 1. The molecule has 0 aliphatic carbocycles. The fraction of sp³-hybridized carbons (Fsp3) is 0.588. The van der Waals surface area contributed by atoms with Gasteiger partial charge in [0.1, 0.15) is 18.2 Å². The van der Waals surface area contributed by atoms with E-state index in [9.17, 15) is 9.90 Å². The van der Waals surface area contributed by atoms with Gasteiger partial charge in [0.15, 0.2) is 11.5 Å². The van der Waals surface area contributed by atoms with Crippen molar-refractivity contribution < 1.29 is 19.2 Å². The Kier molecular flexibility index (Phi) is 5.40. The Hall–Kier alpha value is -2.17. The highest BCUT2D eigenvalue weighted by atomic mass is 28.3. The topological polar surface area (TPSA) is 96.9 Å². The van der Waals surface area contributed by atoms with Crippen molar-refractivity contribution in [3.63, 3.8) is 0 Å². The zero-order valence-electron chi connectivity index (χ0n) is 16.5. The summed E-state index contributed by atoms with van der Waals surface area (Å²) in [5, 5.41) is 14.4. The molecule has 3 rings (SSSR count). The fourth-order valence-electron chi connectivity index (χ4n) is 2.87. The molecule has 1 aliphatic rings. The molecule has 9 nitrogen and oxygen atoms in total. The van der Waals surface area contributed by atoms with Crippen LogP contribution in [0.25, 0.3) is 0 Å². The number of nitrogens with zero attached hydrogens (tertiary/aromatic N) is 5. The highest BCUT2D eigenvalue weighted by Crippen LogP contribution is 2.29. The molecule has 1 aliphatic heterocycles. The average molecular weight is 394 g/mol. The number of aliphatic hydroxyl groups excluding tert-OH is 1. The van der Waals surface area contributed by atoms with Crippen molar-refractivity contribution in [2.75, 3.05) is 18.6 Å². The third-order valence-corrected chi connectivity index (χ3v) is 6.18. The summed E-state index contributed by atoms with van der Waals surface area (Å²) in [4.78, 5) is 20.2. The summed E-state index contributed by atoms with van der Waals surface area (Å²) in [6.45, 7) is 9.69. The van der Waals surface area contributed by atoms with Gasteiger partial charge in [-0.3, -0.25) is 9.69 Å². The first-order chi connectivity index (χ1) is 12.7. The van der Waals surface area contributed by atoms with Crippen molar-refractivity contribution in [1.82, 2.24) is 19.6 Å². The van der Waals surface area contributed by atoms with Crippen LogP contribution in [0.3, 0.4) is 0 Å². The Morgan fingerprint density at radius 3 is 2.74 bits per heavy atom. The van der Waals surface area contributed by atoms with E-state index >= 15 is 0 Å². The van der Waals surface area contributed by atoms with Crippen LogP contribution in [0.15, 0.2) is 16.9 Å². The van der Waals surface area contributed by atoms with Gasteiger partial charge >= 0.3 is 0 Å². The van der Waals surface area contributed by atoms with E-state index in [2.05, 4.69) is 29.8 Å². The minimum Gasteiger partial charge on any atom is -0.361 e. The second-order valence-corrected chi connectivity index (χ2v) is 13.7. The molecular formula is C17H27N5O4Si. The van der Waals surface area contributed by atoms with E-state index in [1.54, 1.807) is 35.8 Å². The molecular weight excluding hydrogens is 366 g/mol. The smallest absolute Gasteiger partial charge is 0.278 e. The second-order valence-electron chi connectivity index (χ2n) is 8.05. The Balaban J connectivity index is 1.76. The molecule has 0 saturated carbocycles. The van der Waals surface area contributed by atoms with Gasteiger partial charge in [-0.15, -0.1) is 0 Å². The summed E-state index contributed by atoms with van der Waals surface area (Å²) in [5.74, 6) is 0.773. The lowest BCUT2D eigenvalue weighted by Crippen LogP contribution is -2.54. The number of amides is 1. The van der Waals surface area contributed by atoms with Gasteiger partial charge in [-0.1, -0.05) is 24.8 Å². The lowest BCUT2D eigenvalue weighted by molar-refractivity contribution is -0.00292. The Morgan fingerprint density at radius 2 is 2.11 bits per heavy atom. The number of fused-ring (bicyclic) bond motifs is 1. The van der Waals surface area contributed by atoms with Crippen LogP contribution in [-0.4, -0.2) is 58.7 Å². The minimum absolute atomic E-state index is 0.142. The number of aliphatic hydroxyl groups is 1. The van der Waals surface area contributed by atoms with Crippen LogP contribution in [0.4, 0.5) is 5.82 Å². The number of imidazole rings is 1. The van der Waals surface area contributed by atoms with Gasteiger partial charge in [0.2, 0.25) is 6.35 Å². The fourth-order valence-corrected chi connectivity index (χ4v) is 3.62. The van der Waals surface area contributed by atoms with Gasteiger partial charge in [0.05, 0.1) is 12.9 Å². The van der Waals surface area contributed by atoms with E-state index in [1.807, 2.05) is 0 Å². The van der Waals surface area contributed by atoms with Crippen LogP contribution in [0.2, 0.25) is 25.7 Å². The van der Waals surface area contributed by atoms with Crippen molar-refractivity contribution in [2.45, 2.75) is 52.2 Å². The van der Waals surface area contributed by atoms with Crippen molar-refractivity contribution >= 4 is 19.8 Å². The monoisotopic (exact) mass is 393 g/mol. The van der Waals surface area contributed by atoms with Crippen molar-refractivity contribution in [2.24, 2.45) is 0 Å². The Labute approximate surface area is 159 Å². The molecule has 0 radical (unpaired) electrons. The molecule has 2 aromatic rings. The molecule has 2 aromatic heterocycles. The first-order valence-electron chi connectivity index (χ1n) is 8.94. The van der Waals surface area contributed by atoms with Gasteiger partial charge in [0.25, 0.3) is 5.91 Å². The Morgan fingerprint density at radius 1 is 1.37 bits per heavy atom. The summed E-state index contributed by atoms with van der Waals surface area (Å²) in [5.41, 5.74) is 0.977. The maximum Gasteiger partial charge on any atom is 0.278 e. The van der Waals surface area contributed by atoms with Crippen LogP contribution in [0.1, 0.15) is 21.9 Å². The normalized spacial score (nSPS) is 17.6. The summed E-state index contributed by atoms with van der Waals surface area (Å²) in [6, 6.07) is 2.79. The van der Waals surface area contributed by atoms with Gasteiger partial charge in [0, 0.05) is 27.8 Å². The van der Waals surface area contributed by atoms with E-state index < -0.39 is 14.4 Å². The molecule has 1 amide bonds. The maximum absolute atomic E-state index is 13.0. The van der Waals surface area contributed by atoms with E-state index in [0.29, 0.717) is 29.6 Å². The predicted octanol–water partition coefficient (Wildman–Crippen LogP) is 1.86. The number of carbonyl (C=O) groups is 1. The lowest BCUT2D eigenvalue weighted by Gasteiger charge is -2.38. The molecule has 0 bridgehead atoms. The lowest BCUT2D eigenvalue weighted by atomic mass is 10.2. The summed E-state index contributed by atoms with van der Waals surface area (Å²) < 4.78 is 12.5. The van der Waals surface area contributed by atoms with E-state index in [0.717, 1.165) is 6.04 Å².